The van der Waals surface area contributed by atoms with Gasteiger partial charge in [-0.25, -0.2) is 4.39 Å². The molecule has 4 heteroatoms. The summed E-state index contributed by atoms with van der Waals surface area (Å²) in [6.07, 6.45) is 1.81. The molecule has 1 aromatic rings. The molecule has 1 aliphatic rings. The number of benzene rings is 1. The Hall–Kier alpha value is -1.29. The fourth-order valence-corrected chi connectivity index (χ4v) is 2.24. The minimum atomic E-state index is -0.374. The number of nitrogens with one attached hydrogen (secondary N) is 1. The highest BCUT2D eigenvalue weighted by molar-refractivity contribution is 5.66. The quantitative estimate of drug-likeness (QED) is 0.779. The van der Waals surface area contributed by atoms with Gasteiger partial charge in [-0.05, 0) is 38.8 Å². The van der Waals surface area contributed by atoms with Crippen molar-refractivity contribution in [2.45, 2.75) is 38.3 Å². The molecule has 0 amide bonds. The van der Waals surface area contributed by atoms with Gasteiger partial charge in [0, 0.05) is 12.6 Å². The molecule has 2 rings (SSSR count). The molecule has 1 fully saturated rings. The molecule has 0 saturated carbocycles. The number of nitrogens with two attached hydrogens (primary N) is 1. The molecule has 1 aliphatic heterocycles. The number of ether oxygens (including phenoxy) is 1. The smallest absolute Gasteiger partial charge is 0.148 e. The molecule has 0 aliphatic carbocycles. The molecule has 1 aromatic carbocycles. The van der Waals surface area contributed by atoms with Gasteiger partial charge in [-0.1, -0.05) is 6.07 Å². The minimum Gasteiger partial charge on any atom is -0.395 e. The van der Waals surface area contributed by atoms with Crippen LogP contribution in [0.1, 0.15) is 26.7 Å². The van der Waals surface area contributed by atoms with Crippen LogP contribution in [0.2, 0.25) is 0 Å². The van der Waals surface area contributed by atoms with Crippen LogP contribution in [0.4, 0.5) is 15.8 Å². The number of anilines is 2. The lowest BCUT2D eigenvalue weighted by atomic mass is 9.93. The predicted molar refractivity (Wildman–Crippen MR) is 67.5 cm³/mol. The summed E-state index contributed by atoms with van der Waals surface area (Å²) in [4.78, 5) is 0. The standard InChI is InChI=1S/C13H19FN2O/c1-13(2)8-9(6-7-17-13)16-11-5-3-4-10(14)12(11)15/h3-5,9,16H,6-8,15H2,1-2H3. The Labute approximate surface area is 101 Å². The first kappa shape index (κ1) is 12.2. The van der Waals surface area contributed by atoms with Crippen molar-refractivity contribution in [3.63, 3.8) is 0 Å². The van der Waals surface area contributed by atoms with Gasteiger partial charge >= 0.3 is 0 Å². The third-order valence-electron chi connectivity index (χ3n) is 3.11. The Morgan fingerprint density at radius 2 is 2.24 bits per heavy atom. The highest BCUT2D eigenvalue weighted by atomic mass is 19.1. The van der Waals surface area contributed by atoms with E-state index in [0.29, 0.717) is 5.69 Å². The third kappa shape index (κ3) is 2.88. The number of hydrogen-bond acceptors (Lipinski definition) is 3. The van der Waals surface area contributed by atoms with E-state index in [4.69, 9.17) is 10.5 Å². The van der Waals surface area contributed by atoms with Crippen LogP contribution in [0.25, 0.3) is 0 Å². The molecule has 17 heavy (non-hydrogen) atoms. The first-order chi connectivity index (χ1) is 7.98. The number of nitrogen functional groups attached to an aromatic ring is 1. The van der Waals surface area contributed by atoms with E-state index in [1.165, 1.54) is 6.07 Å². The highest BCUT2D eigenvalue weighted by Crippen LogP contribution is 2.29. The summed E-state index contributed by atoms with van der Waals surface area (Å²) in [7, 11) is 0. The Morgan fingerprint density at radius 1 is 1.47 bits per heavy atom. The van der Waals surface area contributed by atoms with E-state index in [-0.39, 0.29) is 23.1 Å². The Bertz CT molecular complexity index is 406. The van der Waals surface area contributed by atoms with E-state index < -0.39 is 0 Å². The summed E-state index contributed by atoms with van der Waals surface area (Å²) in [5.74, 6) is -0.374. The molecule has 0 aromatic heterocycles. The lowest BCUT2D eigenvalue weighted by Gasteiger charge is -2.36. The Morgan fingerprint density at radius 3 is 2.94 bits per heavy atom. The maximum atomic E-state index is 13.3. The Kier molecular flexibility index (Phi) is 3.24. The third-order valence-corrected chi connectivity index (χ3v) is 3.11. The van der Waals surface area contributed by atoms with Crippen LogP contribution in [0.3, 0.4) is 0 Å². The van der Waals surface area contributed by atoms with Crippen LogP contribution in [-0.2, 0) is 4.74 Å². The van der Waals surface area contributed by atoms with Gasteiger partial charge in [-0.15, -0.1) is 0 Å². The van der Waals surface area contributed by atoms with Crippen LogP contribution in [0, 0.1) is 5.82 Å². The average molecular weight is 238 g/mol. The molecule has 94 valence electrons. The first-order valence-corrected chi connectivity index (χ1v) is 5.92. The maximum Gasteiger partial charge on any atom is 0.148 e. The lowest BCUT2D eigenvalue weighted by Crippen LogP contribution is -2.40. The zero-order valence-corrected chi connectivity index (χ0v) is 10.3. The molecular formula is C13H19FN2O. The van der Waals surface area contributed by atoms with Crippen LogP contribution in [0.5, 0.6) is 0 Å². The van der Waals surface area contributed by atoms with Crippen molar-refractivity contribution in [3.8, 4) is 0 Å². The van der Waals surface area contributed by atoms with E-state index in [0.717, 1.165) is 19.4 Å². The van der Waals surface area contributed by atoms with E-state index in [9.17, 15) is 4.39 Å². The van der Waals surface area contributed by atoms with Crippen molar-refractivity contribution < 1.29 is 9.13 Å². The van der Waals surface area contributed by atoms with E-state index in [2.05, 4.69) is 19.2 Å². The summed E-state index contributed by atoms with van der Waals surface area (Å²) in [6.45, 7) is 4.85. The zero-order valence-electron chi connectivity index (χ0n) is 10.3. The topological polar surface area (TPSA) is 47.3 Å². The number of halogens is 1. The second kappa shape index (κ2) is 4.53. The number of hydrogen-bond donors (Lipinski definition) is 2. The van der Waals surface area contributed by atoms with Crippen molar-refractivity contribution in [2.24, 2.45) is 0 Å². The molecule has 3 nitrogen and oxygen atoms in total. The van der Waals surface area contributed by atoms with Gasteiger partial charge in [0.25, 0.3) is 0 Å². The van der Waals surface area contributed by atoms with Crippen LogP contribution >= 0.6 is 0 Å². The molecule has 1 unspecified atom stereocenters. The molecule has 1 heterocycles. The maximum absolute atomic E-state index is 13.3. The lowest BCUT2D eigenvalue weighted by molar-refractivity contribution is -0.0553. The van der Waals surface area contributed by atoms with Gasteiger partial charge in [0.1, 0.15) is 5.82 Å². The van der Waals surface area contributed by atoms with Gasteiger partial charge in [0.05, 0.1) is 17.0 Å². The fourth-order valence-electron chi connectivity index (χ4n) is 2.24. The second-order valence-electron chi connectivity index (χ2n) is 5.14. The zero-order chi connectivity index (χ0) is 12.5. The monoisotopic (exact) mass is 238 g/mol. The number of rotatable bonds is 2. The molecule has 0 bridgehead atoms. The summed E-state index contributed by atoms with van der Waals surface area (Å²) in [5.41, 5.74) is 6.44. The van der Waals surface area contributed by atoms with Crippen LogP contribution in [-0.4, -0.2) is 18.2 Å². The van der Waals surface area contributed by atoms with Gasteiger partial charge in [0.2, 0.25) is 0 Å². The summed E-state index contributed by atoms with van der Waals surface area (Å²) < 4.78 is 18.9. The predicted octanol–water partition coefficient (Wildman–Crippen LogP) is 2.78. The fraction of sp³-hybridized carbons (Fsp3) is 0.538. The molecule has 1 atom stereocenters. The molecule has 0 spiro atoms. The van der Waals surface area contributed by atoms with Crippen molar-refractivity contribution >= 4 is 11.4 Å². The van der Waals surface area contributed by atoms with Crippen molar-refractivity contribution in [2.75, 3.05) is 17.7 Å². The van der Waals surface area contributed by atoms with E-state index in [1.807, 2.05) is 0 Å². The van der Waals surface area contributed by atoms with Gasteiger partial charge in [-0.3, -0.25) is 0 Å². The molecular weight excluding hydrogens is 219 g/mol. The Balaban J connectivity index is 2.08. The van der Waals surface area contributed by atoms with Crippen molar-refractivity contribution in [3.05, 3.63) is 24.0 Å². The minimum absolute atomic E-state index is 0.127. The van der Waals surface area contributed by atoms with Gasteiger partial charge < -0.3 is 15.8 Å². The second-order valence-corrected chi connectivity index (χ2v) is 5.14. The summed E-state index contributed by atoms with van der Waals surface area (Å²) in [5, 5.41) is 3.30. The van der Waals surface area contributed by atoms with E-state index in [1.54, 1.807) is 12.1 Å². The van der Waals surface area contributed by atoms with Gasteiger partial charge in [-0.2, -0.15) is 0 Å². The van der Waals surface area contributed by atoms with Crippen molar-refractivity contribution in [1.29, 1.82) is 0 Å². The SMILES string of the molecule is CC1(C)CC(Nc2cccc(F)c2N)CCO1. The first-order valence-electron chi connectivity index (χ1n) is 5.92. The van der Waals surface area contributed by atoms with Crippen LogP contribution < -0.4 is 11.1 Å². The average Bonchev–Trinajstić information content (AvgIpc) is 2.23. The molecule has 0 radical (unpaired) electrons. The highest BCUT2D eigenvalue weighted by Gasteiger charge is 2.29. The number of para-hydroxylation sites is 1. The van der Waals surface area contributed by atoms with E-state index >= 15 is 0 Å². The van der Waals surface area contributed by atoms with Gasteiger partial charge in [0.15, 0.2) is 0 Å². The van der Waals surface area contributed by atoms with Crippen LogP contribution in [0.15, 0.2) is 18.2 Å². The van der Waals surface area contributed by atoms with Crippen molar-refractivity contribution in [1.82, 2.24) is 0 Å². The summed E-state index contributed by atoms with van der Waals surface area (Å²) >= 11 is 0. The summed E-state index contributed by atoms with van der Waals surface area (Å²) in [6, 6.07) is 5.12. The molecule has 1 saturated heterocycles. The normalized spacial score (nSPS) is 23.4. The largest absolute Gasteiger partial charge is 0.395 e. The molecule has 3 N–H and O–H groups in total.